The molecule has 0 atom stereocenters. The molecule has 0 aliphatic carbocycles. The molecule has 0 bridgehead atoms. The Hall–Kier alpha value is -0.670. The zero-order valence-corrected chi connectivity index (χ0v) is 9.61. The van der Waals surface area contributed by atoms with Crippen LogP contribution in [-0.2, 0) is 10.1 Å². The van der Waals surface area contributed by atoms with E-state index in [1.807, 2.05) is 0 Å². The molecule has 0 saturated heterocycles. The first kappa shape index (κ1) is 11.4. The Morgan fingerprint density at radius 3 is 2.36 bits per heavy atom. The highest BCUT2D eigenvalue weighted by molar-refractivity contribution is 14.1. The van der Waals surface area contributed by atoms with Gasteiger partial charge in [0.05, 0.1) is 5.56 Å². The molecule has 0 aliphatic rings. The topological polar surface area (TPSA) is 91.7 Å². The molecule has 0 radical (unpaired) electrons. The number of benzene rings is 1. The summed E-state index contributed by atoms with van der Waals surface area (Å²) in [6, 6.07) is 3.49. The molecule has 1 aromatic rings. The van der Waals surface area contributed by atoms with Gasteiger partial charge in [0.25, 0.3) is 10.1 Å². The van der Waals surface area contributed by atoms with Gasteiger partial charge in [0.2, 0.25) is 0 Å². The molecule has 7 heteroatoms. The maximum Gasteiger partial charge on any atom is 0.335 e. The van der Waals surface area contributed by atoms with E-state index in [0.717, 1.165) is 6.07 Å². The monoisotopic (exact) mass is 328 g/mol. The van der Waals surface area contributed by atoms with Crippen molar-refractivity contribution in [3.63, 3.8) is 0 Å². The second-order valence-corrected chi connectivity index (χ2v) is 4.98. The molecule has 0 aromatic heterocycles. The third kappa shape index (κ3) is 2.42. The van der Waals surface area contributed by atoms with Crippen molar-refractivity contribution in [3.05, 3.63) is 27.3 Å². The first-order valence-electron chi connectivity index (χ1n) is 3.32. The Morgan fingerprint density at radius 1 is 1.36 bits per heavy atom. The Morgan fingerprint density at radius 2 is 1.93 bits per heavy atom. The van der Waals surface area contributed by atoms with Crippen molar-refractivity contribution in [1.29, 1.82) is 0 Å². The zero-order chi connectivity index (χ0) is 10.9. The van der Waals surface area contributed by atoms with Crippen LogP contribution in [0.1, 0.15) is 10.4 Å². The summed E-state index contributed by atoms with van der Waals surface area (Å²) in [5.41, 5.74) is -0.182. The van der Waals surface area contributed by atoms with Crippen LogP contribution in [0.5, 0.6) is 0 Å². The fourth-order valence-electron chi connectivity index (χ4n) is 0.834. The summed E-state index contributed by atoms with van der Waals surface area (Å²) >= 11 is 1.69. The fourth-order valence-corrected chi connectivity index (χ4v) is 2.59. The molecule has 0 aliphatic heterocycles. The minimum Gasteiger partial charge on any atom is -0.478 e. The lowest BCUT2D eigenvalue weighted by Crippen LogP contribution is -2.04. The fraction of sp³-hybridized carbons (Fsp3) is 0. The molecule has 14 heavy (non-hydrogen) atoms. The van der Waals surface area contributed by atoms with Crippen LogP contribution >= 0.6 is 22.6 Å². The number of carboxylic acids is 1. The predicted molar refractivity (Wildman–Crippen MR) is 55.9 cm³/mol. The van der Waals surface area contributed by atoms with Crippen LogP contribution in [0.25, 0.3) is 0 Å². The van der Waals surface area contributed by atoms with Gasteiger partial charge in [-0.2, -0.15) is 8.42 Å². The van der Waals surface area contributed by atoms with Gasteiger partial charge in [0.15, 0.2) is 0 Å². The van der Waals surface area contributed by atoms with Crippen molar-refractivity contribution in [3.8, 4) is 0 Å². The third-order valence-corrected chi connectivity index (χ3v) is 3.66. The summed E-state index contributed by atoms with van der Waals surface area (Å²) in [5.74, 6) is -1.24. The number of halogens is 1. The van der Waals surface area contributed by atoms with Crippen LogP contribution in [0.4, 0.5) is 0 Å². The molecular formula is C7H5IO5S. The van der Waals surface area contributed by atoms with Gasteiger partial charge in [0.1, 0.15) is 4.90 Å². The smallest absolute Gasteiger partial charge is 0.335 e. The Labute approximate surface area is 93.6 Å². The van der Waals surface area contributed by atoms with Gasteiger partial charge in [0, 0.05) is 3.57 Å². The highest BCUT2D eigenvalue weighted by atomic mass is 127. The molecule has 0 amide bonds. The van der Waals surface area contributed by atoms with E-state index in [1.165, 1.54) is 12.1 Å². The van der Waals surface area contributed by atoms with Crippen LogP contribution in [0, 0.1) is 3.57 Å². The van der Waals surface area contributed by atoms with Gasteiger partial charge in [-0.05, 0) is 40.8 Å². The van der Waals surface area contributed by atoms with Gasteiger partial charge < -0.3 is 5.11 Å². The number of hydrogen-bond acceptors (Lipinski definition) is 3. The number of carboxylic acid groups (broad SMARTS) is 1. The molecule has 5 nitrogen and oxygen atoms in total. The van der Waals surface area contributed by atoms with E-state index in [0.29, 0.717) is 0 Å². The average Bonchev–Trinajstić information content (AvgIpc) is 2.02. The van der Waals surface area contributed by atoms with Crippen molar-refractivity contribution >= 4 is 38.7 Å². The average molecular weight is 328 g/mol. The van der Waals surface area contributed by atoms with Crippen LogP contribution in [0.15, 0.2) is 23.1 Å². The van der Waals surface area contributed by atoms with Crippen molar-refractivity contribution in [1.82, 2.24) is 0 Å². The summed E-state index contributed by atoms with van der Waals surface area (Å²) in [6.45, 7) is 0. The lowest BCUT2D eigenvalue weighted by Gasteiger charge is -2.01. The van der Waals surface area contributed by atoms with Gasteiger partial charge in [-0.1, -0.05) is 0 Å². The van der Waals surface area contributed by atoms with Crippen molar-refractivity contribution in [2.45, 2.75) is 4.90 Å². The van der Waals surface area contributed by atoms with Crippen LogP contribution < -0.4 is 0 Å². The number of rotatable bonds is 2. The van der Waals surface area contributed by atoms with Gasteiger partial charge >= 0.3 is 5.97 Å². The molecule has 0 spiro atoms. The minimum atomic E-state index is -4.36. The van der Waals surface area contributed by atoms with E-state index in [-0.39, 0.29) is 9.13 Å². The van der Waals surface area contributed by atoms with Gasteiger partial charge in [-0.25, -0.2) is 4.79 Å². The molecule has 1 aromatic carbocycles. The Kier molecular flexibility index (Phi) is 3.12. The molecule has 0 fully saturated rings. The summed E-state index contributed by atoms with van der Waals surface area (Å²) in [4.78, 5) is 10.1. The number of aromatic carboxylic acids is 1. The number of hydrogen-bond donors (Lipinski definition) is 2. The maximum absolute atomic E-state index is 10.8. The van der Waals surface area contributed by atoms with Crippen LogP contribution in [0.3, 0.4) is 0 Å². The molecule has 0 saturated carbocycles. The molecule has 76 valence electrons. The standard InChI is InChI=1S/C7H5IO5S/c8-5-2-1-4(7(9)10)3-6(5)14(11,12)13/h1-3H,(H,9,10)(H,11,12,13). The van der Waals surface area contributed by atoms with Crippen molar-refractivity contribution in [2.24, 2.45) is 0 Å². The lowest BCUT2D eigenvalue weighted by atomic mass is 10.2. The normalized spacial score (nSPS) is 11.3. The molecule has 0 heterocycles. The van der Waals surface area contributed by atoms with Crippen molar-refractivity contribution in [2.75, 3.05) is 0 Å². The summed E-state index contributed by atoms with van der Waals surface area (Å²) in [7, 11) is -4.36. The van der Waals surface area contributed by atoms with E-state index in [1.54, 1.807) is 22.6 Å². The SMILES string of the molecule is O=C(O)c1ccc(I)c(S(=O)(=O)O)c1. The van der Waals surface area contributed by atoms with E-state index >= 15 is 0 Å². The van der Waals surface area contributed by atoms with E-state index in [4.69, 9.17) is 9.66 Å². The largest absolute Gasteiger partial charge is 0.478 e. The summed E-state index contributed by atoms with van der Waals surface area (Å²) in [5, 5.41) is 8.59. The van der Waals surface area contributed by atoms with Gasteiger partial charge in [-0.3, -0.25) is 4.55 Å². The zero-order valence-electron chi connectivity index (χ0n) is 6.64. The van der Waals surface area contributed by atoms with E-state index < -0.39 is 21.0 Å². The predicted octanol–water partition coefficient (Wildman–Crippen LogP) is 1.24. The molecule has 0 unspecified atom stereocenters. The third-order valence-electron chi connectivity index (χ3n) is 1.46. The van der Waals surface area contributed by atoms with Crippen LogP contribution in [-0.4, -0.2) is 24.0 Å². The second-order valence-electron chi connectivity index (χ2n) is 2.43. The van der Waals surface area contributed by atoms with Crippen molar-refractivity contribution < 1.29 is 22.9 Å². The minimum absolute atomic E-state index is 0.182. The highest BCUT2D eigenvalue weighted by Crippen LogP contribution is 2.19. The lowest BCUT2D eigenvalue weighted by molar-refractivity contribution is 0.0696. The maximum atomic E-state index is 10.8. The van der Waals surface area contributed by atoms with Crippen LogP contribution in [0.2, 0.25) is 0 Å². The molecule has 2 N–H and O–H groups in total. The summed E-state index contributed by atoms with van der Waals surface area (Å²) < 4.78 is 30.6. The second kappa shape index (κ2) is 3.83. The Balaban J connectivity index is 3.44. The molecular weight excluding hydrogens is 323 g/mol. The number of carbonyl (C=O) groups is 1. The van der Waals surface area contributed by atoms with E-state index in [2.05, 4.69) is 0 Å². The quantitative estimate of drug-likeness (QED) is 0.629. The Bertz CT molecular complexity index is 479. The van der Waals surface area contributed by atoms with E-state index in [9.17, 15) is 13.2 Å². The summed E-state index contributed by atoms with van der Waals surface area (Å²) in [6.07, 6.45) is 0. The van der Waals surface area contributed by atoms with Gasteiger partial charge in [-0.15, -0.1) is 0 Å². The first-order valence-corrected chi connectivity index (χ1v) is 5.84. The first-order chi connectivity index (χ1) is 6.32. The highest BCUT2D eigenvalue weighted by Gasteiger charge is 2.16. The molecule has 1 rings (SSSR count).